The molecule has 0 saturated carbocycles. The van der Waals surface area contributed by atoms with E-state index in [0.717, 1.165) is 10.6 Å². The van der Waals surface area contributed by atoms with Crippen LogP contribution in [0.3, 0.4) is 0 Å². The quantitative estimate of drug-likeness (QED) is 0.833. The monoisotopic (exact) mass is 271 g/mol. The molecule has 3 heteroatoms. The summed E-state index contributed by atoms with van der Waals surface area (Å²) in [6.07, 6.45) is 0. The third kappa shape index (κ3) is 4.14. The number of anilines is 1. The second-order valence-corrected chi connectivity index (χ2v) is 6.16. The molecule has 0 aliphatic rings. The van der Waals surface area contributed by atoms with E-state index in [9.17, 15) is 4.79 Å². The topological polar surface area (TPSA) is 29.1 Å². The maximum Gasteiger partial charge on any atom is 0.255 e. The number of thioether (sulfide) groups is 1. The average Bonchev–Trinajstić information content (AvgIpc) is 2.39. The Morgan fingerprint density at radius 2 is 1.79 bits per heavy atom. The fraction of sp³-hybridized carbons (Fsp3) is 0.188. The summed E-state index contributed by atoms with van der Waals surface area (Å²) in [4.78, 5) is 13.3. The number of nitrogens with one attached hydrogen (secondary N) is 1. The molecule has 0 saturated heterocycles. The molecule has 0 aliphatic carbocycles. The fourth-order valence-electron chi connectivity index (χ4n) is 1.71. The third-order valence-corrected chi connectivity index (χ3v) is 3.50. The van der Waals surface area contributed by atoms with Crippen molar-refractivity contribution in [3.05, 3.63) is 60.2 Å². The lowest BCUT2D eigenvalue weighted by Crippen LogP contribution is -2.11. The van der Waals surface area contributed by atoms with Gasteiger partial charge < -0.3 is 5.32 Å². The molecule has 1 amide bonds. The minimum atomic E-state index is -0.0718. The van der Waals surface area contributed by atoms with Crippen LogP contribution < -0.4 is 5.32 Å². The number of amides is 1. The van der Waals surface area contributed by atoms with Gasteiger partial charge in [0.25, 0.3) is 5.91 Å². The summed E-state index contributed by atoms with van der Waals surface area (Å²) in [5, 5.41) is 3.40. The number of para-hydroxylation sites is 1. The molecule has 0 aromatic heterocycles. The lowest BCUT2D eigenvalue weighted by molar-refractivity contribution is 0.102. The van der Waals surface area contributed by atoms with Crippen molar-refractivity contribution in [2.45, 2.75) is 24.0 Å². The normalized spacial score (nSPS) is 10.5. The highest BCUT2D eigenvalue weighted by molar-refractivity contribution is 7.99. The Bertz CT molecular complexity index is 552. The molecule has 19 heavy (non-hydrogen) atoms. The molecule has 0 atom stereocenters. The highest BCUT2D eigenvalue weighted by atomic mass is 32.2. The van der Waals surface area contributed by atoms with Crippen molar-refractivity contribution >= 4 is 23.4 Å². The Morgan fingerprint density at radius 3 is 2.47 bits per heavy atom. The summed E-state index contributed by atoms with van der Waals surface area (Å²) < 4.78 is 0. The van der Waals surface area contributed by atoms with Crippen molar-refractivity contribution in [3.63, 3.8) is 0 Å². The molecule has 0 fully saturated rings. The Balaban J connectivity index is 2.11. The number of carbonyl (C=O) groups excluding carboxylic acids is 1. The summed E-state index contributed by atoms with van der Waals surface area (Å²) >= 11 is 1.76. The van der Waals surface area contributed by atoms with Crippen LogP contribution >= 0.6 is 11.8 Å². The standard InChI is InChI=1S/C16H17NOS/c1-12(2)19-15-10-6-7-13(11-15)16(18)17-14-8-4-3-5-9-14/h3-12H,1-2H3,(H,17,18). The summed E-state index contributed by atoms with van der Waals surface area (Å²) in [7, 11) is 0. The summed E-state index contributed by atoms with van der Waals surface area (Å²) in [5.74, 6) is -0.0718. The smallest absolute Gasteiger partial charge is 0.255 e. The zero-order valence-electron chi connectivity index (χ0n) is 11.1. The van der Waals surface area contributed by atoms with E-state index in [2.05, 4.69) is 19.2 Å². The molecule has 0 radical (unpaired) electrons. The van der Waals surface area contributed by atoms with Gasteiger partial charge in [-0.3, -0.25) is 4.79 Å². The number of carbonyl (C=O) groups is 1. The number of hydrogen-bond donors (Lipinski definition) is 1. The second kappa shape index (κ2) is 6.43. The predicted octanol–water partition coefficient (Wildman–Crippen LogP) is 4.44. The summed E-state index contributed by atoms with van der Waals surface area (Å²) in [6, 6.07) is 17.2. The molecule has 0 spiro atoms. The SMILES string of the molecule is CC(C)Sc1cccc(C(=O)Nc2ccccc2)c1. The second-order valence-electron chi connectivity index (χ2n) is 4.51. The van der Waals surface area contributed by atoms with Gasteiger partial charge in [0.1, 0.15) is 0 Å². The van der Waals surface area contributed by atoms with E-state index in [1.807, 2.05) is 54.6 Å². The van der Waals surface area contributed by atoms with E-state index < -0.39 is 0 Å². The van der Waals surface area contributed by atoms with Crippen molar-refractivity contribution in [1.29, 1.82) is 0 Å². The van der Waals surface area contributed by atoms with Crippen molar-refractivity contribution < 1.29 is 4.79 Å². The largest absolute Gasteiger partial charge is 0.322 e. The average molecular weight is 271 g/mol. The zero-order chi connectivity index (χ0) is 13.7. The van der Waals surface area contributed by atoms with Crippen LogP contribution in [0.5, 0.6) is 0 Å². The molecule has 0 aliphatic heterocycles. The first kappa shape index (κ1) is 13.7. The Kier molecular flexibility index (Phi) is 4.63. The van der Waals surface area contributed by atoms with Crippen LogP contribution in [-0.2, 0) is 0 Å². The first-order chi connectivity index (χ1) is 9.15. The molecule has 2 aromatic carbocycles. The van der Waals surface area contributed by atoms with Gasteiger partial charge in [0, 0.05) is 21.4 Å². The van der Waals surface area contributed by atoms with Gasteiger partial charge in [0.05, 0.1) is 0 Å². The van der Waals surface area contributed by atoms with Crippen molar-refractivity contribution in [2.24, 2.45) is 0 Å². The molecule has 98 valence electrons. The van der Waals surface area contributed by atoms with E-state index in [1.165, 1.54) is 0 Å². The Hall–Kier alpha value is -1.74. The fourth-order valence-corrected chi connectivity index (χ4v) is 2.60. The van der Waals surface area contributed by atoms with Crippen molar-refractivity contribution in [1.82, 2.24) is 0 Å². The van der Waals surface area contributed by atoms with E-state index in [0.29, 0.717) is 10.8 Å². The lowest BCUT2D eigenvalue weighted by Gasteiger charge is -2.08. The van der Waals surface area contributed by atoms with Crippen LogP contribution in [0.15, 0.2) is 59.5 Å². The molecular weight excluding hydrogens is 254 g/mol. The molecule has 2 rings (SSSR count). The minimum absolute atomic E-state index is 0.0718. The first-order valence-electron chi connectivity index (χ1n) is 6.28. The van der Waals surface area contributed by atoms with Gasteiger partial charge in [-0.15, -0.1) is 11.8 Å². The Morgan fingerprint density at radius 1 is 1.05 bits per heavy atom. The van der Waals surface area contributed by atoms with Gasteiger partial charge in [-0.05, 0) is 30.3 Å². The zero-order valence-corrected chi connectivity index (χ0v) is 11.9. The van der Waals surface area contributed by atoms with Crippen molar-refractivity contribution in [3.8, 4) is 0 Å². The minimum Gasteiger partial charge on any atom is -0.322 e. The number of rotatable bonds is 4. The number of benzene rings is 2. The number of hydrogen-bond acceptors (Lipinski definition) is 2. The van der Waals surface area contributed by atoms with E-state index in [1.54, 1.807) is 11.8 Å². The van der Waals surface area contributed by atoms with Crippen LogP contribution in [0.2, 0.25) is 0 Å². The van der Waals surface area contributed by atoms with E-state index >= 15 is 0 Å². The van der Waals surface area contributed by atoms with E-state index in [-0.39, 0.29) is 5.91 Å². The molecule has 2 aromatic rings. The maximum absolute atomic E-state index is 12.1. The molecule has 2 nitrogen and oxygen atoms in total. The van der Waals surface area contributed by atoms with E-state index in [4.69, 9.17) is 0 Å². The van der Waals surface area contributed by atoms with Crippen LogP contribution in [0.25, 0.3) is 0 Å². The summed E-state index contributed by atoms with van der Waals surface area (Å²) in [5.41, 5.74) is 1.50. The molecule has 0 heterocycles. The lowest BCUT2D eigenvalue weighted by atomic mass is 10.2. The van der Waals surface area contributed by atoms with Gasteiger partial charge in [0.15, 0.2) is 0 Å². The molecule has 0 unspecified atom stereocenters. The highest BCUT2D eigenvalue weighted by Crippen LogP contribution is 2.23. The van der Waals surface area contributed by atoms with Crippen LogP contribution in [0.1, 0.15) is 24.2 Å². The Labute approximate surface area is 118 Å². The molecule has 0 bridgehead atoms. The molecule has 1 N–H and O–H groups in total. The third-order valence-electron chi connectivity index (χ3n) is 2.50. The molecular formula is C16H17NOS. The maximum atomic E-state index is 12.1. The van der Waals surface area contributed by atoms with Gasteiger partial charge >= 0.3 is 0 Å². The van der Waals surface area contributed by atoms with Gasteiger partial charge in [-0.2, -0.15) is 0 Å². The van der Waals surface area contributed by atoms with Crippen LogP contribution in [-0.4, -0.2) is 11.2 Å². The van der Waals surface area contributed by atoms with Crippen LogP contribution in [0.4, 0.5) is 5.69 Å². The van der Waals surface area contributed by atoms with Crippen LogP contribution in [0, 0.1) is 0 Å². The van der Waals surface area contributed by atoms with Crippen molar-refractivity contribution in [2.75, 3.05) is 5.32 Å². The van der Waals surface area contributed by atoms with Gasteiger partial charge in [-0.1, -0.05) is 38.1 Å². The predicted molar refractivity (Wildman–Crippen MR) is 81.8 cm³/mol. The first-order valence-corrected chi connectivity index (χ1v) is 7.16. The highest BCUT2D eigenvalue weighted by Gasteiger charge is 2.07. The van der Waals surface area contributed by atoms with Gasteiger partial charge in [-0.25, -0.2) is 0 Å². The summed E-state index contributed by atoms with van der Waals surface area (Å²) in [6.45, 7) is 4.28. The van der Waals surface area contributed by atoms with Gasteiger partial charge in [0.2, 0.25) is 0 Å².